The molecule has 1 aliphatic carbocycles. The van der Waals surface area contributed by atoms with E-state index in [1.54, 1.807) is 6.07 Å². The number of cyclic esters (lactones) is 1. The lowest BCUT2D eigenvalue weighted by atomic mass is 9.67. The smallest absolute Gasteiger partial charge is 0.312 e. The topological polar surface area (TPSA) is 89.7 Å². The van der Waals surface area contributed by atoms with Gasteiger partial charge in [-0.1, -0.05) is 18.2 Å². The minimum absolute atomic E-state index is 0.0644. The first kappa shape index (κ1) is 17.8. The van der Waals surface area contributed by atoms with E-state index < -0.39 is 10.0 Å². The van der Waals surface area contributed by atoms with Crippen LogP contribution in [-0.2, 0) is 19.6 Å². The van der Waals surface area contributed by atoms with E-state index in [9.17, 15) is 13.2 Å². The molecule has 1 aromatic heterocycles. The van der Waals surface area contributed by atoms with Crippen LogP contribution in [0.25, 0.3) is 11.1 Å². The molecule has 2 aliphatic rings. The number of oxazole rings is 1. The molecule has 0 N–H and O–H groups in total. The Morgan fingerprint density at radius 1 is 1.35 bits per heavy atom. The van der Waals surface area contributed by atoms with Crippen LogP contribution in [0.5, 0.6) is 0 Å². The molecular weight excluding hydrogens is 376 g/mol. The van der Waals surface area contributed by atoms with Gasteiger partial charge in [-0.3, -0.25) is 4.79 Å². The highest BCUT2D eigenvalue weighted by Crippen LogP contribution is 2.50. The van der Waals surface area contributed by atoms with E-state index in [0.717, 1.165) is 30.0 Å². The number of sulfonamides is 1. The van der Waals surface area contributed by atoms with E-state index in [1.165, 1.54) is 38.0 Å². The van der Waals surface area contributed by atoms with Crippen LogP contribution in [0.4, 0.5) is 0 Å². The number of aromatic nitrogens is 1. The van der Waals surface area contributed by atoms with Gasteiger partial charge in [-0.05, 0) is 31.0 Å². The molecule has 1 aromatic carbocycles. The van der Waals surface area contributed by atoms with Crippen molar-refractivity contribution in [3.05, 3.63) is 18.2 Å². The molecule has 1 spiro atoms. The average molecular weight is 396 g/mol. The molecule has 1 saturated carbocycles. The summed E-state index contributed by atoms with van der Waals surface area (Å²) in [5, 5.41) is 0.449. The van der Waals surface area contributed by atoms with Gasteiger partial charge in [0, 0.05) is 26.3 Å². The van der Waals surface area contributed by atoms with Gasteiger partial charge in [-0.25, -0.2) is 17.7 Å². The Morgan fingerprint density at radius 2 is 2.12 bits per heavy atom. The summed E-state index contributed by atoms with van der Waals surface area (Å²) < 4.78 is 36.8. The number of rotatable bonds is 5. The molecule has 4 rings (SSSR count). The Bertz CT molecular complexity index is 963. The predicted octanol–water partition coefficient (Wildman–Crippen LogP) is 2.66. The molecule has 2 fully saturated rings. The lowest BCUT2D eigenvalue weighted by Crippen LogP contribution is -2.33. The molecule has 0 bridgehead atoms. The third kappa shape index (κ3) is 2.91. The van der Waals surface area contributed by atoms with Crippen LogP contribution in [0.1, 0.15) is 25.7 Å². The second-order valence-electron chi connectivity index (χ2n) is 7.07. The molecule has 1 saturated heterocycles. The highest BCUT2D eigenvalue weighted by molar-refractivity contribution is 7.99. The van der Waals surface area contributed by atoms with Gasteiger partial charge < -0.3 is 9.15 Å². The fourth-order valence-electron chi connectivity index (χ4n) is 3.43. The lowest BCUT2D eigenvalue weighted by Gasteiger charge is -2.33. The van der Waals surface area contributed by atoms with Crippen LogP contribution >= 0.6 is 11.8 Å². The summed E-state index contributed by atoms with van der Waals surface area (Å²) in [5.74, 6) is 0.522. The molecule has 0 unspecified atom stereocenters. The van der Waals surface area contributed by atoms with Crippen molar-refractivity contribution in [2.24, 2.45) is 5.41 Å². The van der Waals surface area contributed by atoms with Gasteiger partial charge in [-0.2, -0.15) is 0 Å². The summed E-state index contributed by atoms with van der Waals surface area (Å²) in [6.07, 6.45) is 3.60. The highest BCUT2D eigenvalue weighted by Gasteiger charge is 2.52. The van der Waals surface area contributed by atoms with Crippen LogP contribution in [0.3, 0.4) is 0 Å². The second kappa shape index (κ2) is 6.24. The summed E-state index contributed by atoms with van der Waals surface area (Å²) in [7, 11) is -0.538. The summed E-state index contributed by atoms with van der Waals surface area (Å²) in [4.78, 5) is 16.5. The van der Waals surface area contributed by atoms with Gasteiger partial charge >= 0.3 is 5.97 Å². The average Bonchev–Trinajstić information content (AvgIpc) is 3.11. The molecule has 7 nitrogen and oxygen atoms in total. The molecule has 0 radical (unpaired) electrons. The van der Waals surface area contributed by atoms with Crippen LogP contribution in [0.15, 0.2) is 32.7 Å². The molecule has 1 aliphatic heterocycles. The van der Waals surface area contributed by atoms with Crippen LogP contribution in [0.2, 0.25) is 0 Å². The fraction of sp³-hybridized carbons (Fsp3) is 0.529. The Morgan fingerprint density at radius 3 is 2.73 bits per heavy atom. The van der Waals surface area contributed by atoms with Crippen molar-refractivity contribution in [3.8, 4) is 0 Å². The first-order chi connectivity index (χ1) is 12.3. The minimum atomic E-state index is -3.51. The van der Waals surface area contributed by atoms with E-state index in [-0.39, 0.29) is 22.4 Å². The van der Waals surface area contributed by atoms with Crippen molar-refractivity contribution in [2.45, 2.75) is 41.9 Å². The number of esters is 1. The van der Waals surface area contributed by atoms with Crippen molar-refractivity contribution < 1.29 is 22.4 Å². The third-order valence-electron chi connectivity index (χ3n) is 5.15. The molecule has 26 heavy (non-hydrogen) atoms. The van der Waals surface area contributed by atoms with Crippen molar-refractivity contribution in [1.29, 1.82) is 0 Å². The van der Waals surface area contributed by atoms with Crippen molar-refractivity contribution in [3.63, 3.8) is 0 Å². The molecule has 0 amide bonds. The van der Waals surface area contributed by atoms with E-state index in [0.29, 0.717) is 22.1 Å². The summed E-state index contributed by atoms with van der Waals surface area (Å²) in [6, 6.07) is 4.63. The number of carbonyl (C=O) groups excluding carboxylic acids is 1. The van der Waals surface area contributed by atoms with E-state index in [2.05, 4.69) is 4.98 Å². The van der Waals surface area contributed by atoms with Crippen molar-refractivity contribution in [2.75, 3.05) is 19.8 Å². The maximum Gasteiger partial charge on any atom is 0.312 e. The Balaban J connectivity index is 1.47. The summed E-state index contributed by atoms with van der Waals surface area (Å²) in [6.45, 7) is 0. The SMILES string of the molecule is CN(C)S(=O)(=O)c1ccc2oc(SC[C@@H]3CC4(CCC4)C(=O)O3)nc2c1. The van der Waals surface area contributed by atoms with Crippen LogP contribution in [0, 0.1) is 5.41 Å². The normalized spacial score (nSPS) is 22.1. The van der Waals surface area contributed by atoms with Crippen molar-refractivity contribution >= 4 is 38.9 Å². The van der Waals surface area contributed by atoms with Crippen molar-refractivity contribution in [1.82, 2.24) is 9.29 Å². The molecule has 1 atom stereocenters. The molecule has 2 heterocycles. The number of hydrogen-bond acceptors (Lipinski definition) is 7. The zero-order chi connectivity index (χ0) is 18.5. The maximum atomic E-state index is 12.2. The minimum Gasteiger partial charge on any atom is -0.461 e. The van der Waals surface area contributed by atoms with E-state index >= 15 is 0 Å². The summed E-state index contributed by atoms with van der Waals surface area (Å²) in [5.41, 5.74) is 0.792. The standard InChI is InChI=1S/C17H20N2O5S2/c1-19(2)26(21,22)12-4-5-14-13(8-12)18-16(24-14)25-10-11-9-17(6-3-7-17)15(20)23-11/h4-5,8,11H,3,6-7,9-10H2,1-2H3/t11-/m0/s1. The molecule has 2 aromatic rings. The Labute approximate surface area is 156 Å². The van der Waals surface area contributed by atoms with E-state index in [1.807, 2.05) is 0 Å². The number of nitrogens with zero attached hydrogens (tertiary/aromatic N) is 2. The van der Waals surface area contributed by atoms with Crippen LogP contribution < -0.4 is 0 Å². The number of fused-ring (bicyclic) bond motifs is 1. The highest BCUT2D eigenvalue weighted by atomic mass is 32.2. The van der Waals surface area contributed by atoms with Gasteiger partial charge in [-0.15, -0.1) is 0 Å². The first-order valence-corrected chi connectivity index (χ1v) is 10.9. The third-order valence-corrected chi connectivity index (χ3v) is 7.92. The predicted molar refractivity (Wildman–Crippen MR) is 96.4 cm³/mol. The number of benzene rings is 1. The van der Waals surface area contributed by atoms with E-state index in [4.69, 9.17) is 9.15 Å². The zero-order valence-corrected chi connectivity index (χ0v) is 16.2. The second-order valence-corrected chi connectivity index (χ2v) is 10.2. The van der Waals surface area contributed by atoms with Gasteiger partial charge in [0.05, 0.1) is 10.3 Å². The van der Waals surface area contributed by atoms with Crippen LogP contribution in [-0.4, -0.2) is 49.6 Å². The number of thioether (sulfide) groups is 1. The van der Waals surface area contributed by atoms with Gasteiger partial charge in [0.25, 0.3) is 5.22 Å². The Kier molecular flexibility index (Phi) is 4.28. The fourth-order valence-corrected chi connectivity index (χ4v) is 5.17. The summed E-state index contributed by atoms with van der Waals surface area (Å²) >= 11 is 1.39. The number of carbonyl (C=O) groups is 1. The molecular formula is C17H20N2O5S2. The van der Waals surface area contributed by atoms with Gasteiger partial charge in [0.2, 0.25) is 10.0 Å². The van der Waals surface area contributed by atoms with Gasteiger partial charge in [0.1, 0.15) is 11.6 Å². The van der Waals surface area contributed by atoms with Gasteiger partial charge in [0.15, 0.2) is 5.58 Å². The Hall–Kier alpha value is -1.58. The maximum absolute atomic E-state index is 12.2. The quantitative estimate of drug-likeness (QED) is 0.567. The lowest BCUT2D eigenvalue weighted by molar-refractivity contribution is -0.151. The monoisotopic (exact) mass is 396 g/mol. The zero-order valence-electron chi connectivity index (χ0n) is 14.6. The molecule has 140 valence electrons. The molecule has 9 heteroatoms. The first-order valence-electron chi connectivity index (χ1n) is 8.47. The number of ether oxygens (including phenoxy) is 1. The largest absolute Gasteiger partial charge is 0.461 e. The number of hydrogen-bond donors (Lipinski definition) is 0.